The molecule has 0 radical (unpaired) electrons. The molecule has 3 rings (SSSR count). The first kappa shape index (κ1) is 15.8. The summed E-state index contributed by atoms with van der Waals surface area (Å²) >= 11 is 0. The quantitative estimate of drug-likeness (QED) is 0.838. The van der Waals surface area contributed by atoms with Crippen LogP contribution in [-0.4, -0.2) is 36.6 Å². The van der Waals surface area contributed by atoms with Crippen LogP contribution in [0.3, 0.4) is 0 Å². The summed E-state index contributed by atoms with van der Waals surface area (Å²) in [5.74, 6) is 1.93. The molecule has 2 nitrogen and oxygen atoms in total. The Morgan fingerprint density at radius 1 is 0.857 bits per heavy atom. The summed E-state index contributed by atoms with van der Waals surface area (Å²) < 4.78 is 0. The molecule has 0 bridgehead atoms. The maximum absolute atomic E-state index is 3.90. The van der Waals surface area contributed by atoms with Crippen LogP contribution in [0.5, 0.6) is 0 Å². The first-order valence-corrected chi connectivity index (χ1v) is 9.82. The lowest BCUT2D eigenvalue weighted by molar-refractivity contribution is 0.113. The molecule has 2 aliphatic carbocycles. The summed E-state index contributed by atoms with van der Waals surface area (Å²) in [5, 5.41) is 3.90. The van der Waals surface area contributed by atoms with Crippen LogP contribution >= 0.6 is 0 Å². The highest BCUT2D eigenvalue weighted by molar-refractivity contribution is 4.88. The van der Waals surface area contributed by atoms with Crippen LogP contribution in [-0.2, 0) is 0 Å². The lowest BCUT2D eigenvalue weighted by Crippen LogP contribution is -2.48. The summed E-state index contributed by atoms with van der Waals surface area (Å²) in [6, 6.07) is 1.59. The Bertz CT molecular complexity index is 292. The molecule has 2 unspecified atom stereocenters. The minimum atomic E-state index is 0.777. The van der Waals surface area contributed by atoms with E-state index in [0.29, 0.717) is 0 Å². The Kier molecular flexibility index (Phi) is 5.99. The second-order valence-corrected chi connectivity index (χ2v) is 7.95. The number of hydrogen-bond acceptors (Lipinski definition) is 2. The molecule has 21 heavy (non-hydrogen) atoms. The zero-order valence-electron chi connectivity index (χ0n) is 14.2. The molecule has 3 fully saturated rings. The lowest BCUT2D eigenvalue weighted by Gasteiger charge is -2.39. The fourth-order valence-electron chi connectivity index (χ4n) is 5.11. The number of nitrogens with one attached hydrogen (secondary N) is 1. The fraction of sp³-hybridized carbons (Fsp3) is 1.00. The molecular formula is C19H36N2. The Labute approximate surface area is 132 Å². The fourth-order valence-corrected chi connectivity index (χ4v) is 5.11. The zero-order chi connectivity index (χ0) is 14.5. The van der Waals surface area contributed by atoms with Crippen LogP contribution in [0.1, 0.15) is 77.6 Å². The highest BCUT2D eigenvalue weighted by Gasteiger charge is 2.31. The van der Waals surface area contributed by atoms with Crippen molar-refractivity contribution >= 4 is 0 Å². The van der Waals surface area contributed by atoms with Crippen molar-refractivity contribution in [1.29, 1.82) is 0 Å². The van der Waals surface area contributed by atoms with Gasteiger partial charge in [-0.2, -0.15) is 0 Å². The number of nitrogens with zero attached hydrogens (tertiary/aromatic N) is 1. The maximum atomic E-state index is 3.90. The van der Waals surface area contributed by atoms with Crippen LogP contribution in [0.2, 0.25) is 0 Å². The second-order valence-electron chi connectivity index (χ2n) is 7.95. The Hall–Kier alpha value is -0.0800. The third-order valence-corrected chi connectivity index (χ3v) is 6.59. The molecule has 122 valence electrons. The largest absolute Gasteiger partial charge is 0.312 e. The summed E-state index contributed by atoms with van der Waals surface area (Å²) in [5.41, 5.74) is 0. The van der Waals surface area contributed by atoms with Gasteiger partial charge in [0, 0.05) is 18.6 Å². The van der Waals surface area contributed by atoms with Crippen molar-refractivity contribution in [3.63, 3.8) is 0 Å². The van der Waals surface area contributed by atoms with E-state index in [2.05, 4.69) is 17.1 Å². The van der Waals surface area contributed by atoms with Gasteiger partial charge in [-0.05, 0) is 64.0 Å². The minimum absolute atomic E-state index is 0.777. The van der Waals surface area contributed by atoms with Gasteiger partial charge in [-0.1, -0.05) is 38.5 Å². The van der Waals surface area contributed by atoms with Crippen molar-refractivity contribution in [2.75, 3.05) is 19.6 Å². The first-order chi connectivity index (χ1) is 10.3. The van der Waals surface area contributed by atoms with Crippen molar-refractivity contribution < 1.29 is 0 Å². The SMILES string of the molecule is CC(C1CCCCC1)N1CCCNC(C2CCCCC2)C1. The predicted octanol–water partition coefficient (Wildman–Crippen LogP) is 4.20. The van der Waals surface area contributed by atoms with Crippen LogP contribution in [0.4, 0.5) is 0 Å². The molecule has 3 aliphatic rings. The molecule has 0 spiro atoms. The molecule has 1 saturated heterocycles. The molecule has 0 aromatic carbocycles. The van der Waals surface area contributed by atoms with Crippen LogP contribution in [0.25, 0.3) is 0 Å². The van der Waals surface area contributed by atoms with Crippen molar-refractivity contribution in [2.24, 2.45) is 11.8 Å². The third-order valence-electron chi connectivity index (χ3n) is 6.59. The molecule has 0 amide bonds. The maximum Gasteiger partial charge on any atom is 0.0223 e. The second kappa shape index (κ2) is 7.97. The average Bonchev–Trinajstić information content (AvgIpc) is 2.82. The van der Waals surface area contributed by atoms with Gasteiger partial charge in [0.25, 0.3) is 0 Å². The molecule has 2 saturated carbocycles. The standard InChI is InChI=1S/C19H36N2/c1-16(17-9-4-2-5-10-17)21-14-8-13-20-19(15-21)18-11-6-3-7-12-18/h16-20H,2-15H2,1H3. The van der Waals surface area contributed by atoms with E-state index >= 15 is 0 Å². The Balaban J connectivity index is 1.58. The minimum Gasteiger partial charge on any atom is -0.312 e. The van der Waals surface area contributed by atoms with E-state index in [1.54, 1.807) is 0 Å². The highest BCUT2D eigenvalue weighted by atomic mass is 15.2. The normalized spacial score (nSPS) is 32.7. The van der Waals surface area contributed by atoms with E-state index in [-0.39, 0.29) is 0 Å². The van der Waals surface area contributed by atoms with E-state index in [1.165, 1.54) is 90.3 Å². The van der Waals surface area contributed by atoms with Gasteiger partial charge in [0.2, 0.25) is 0 Å². The van der Waals surface area contributed by atoms with Crippen LogP contribution in [0.15, 0.2) is 0 Å². The third kappa shape index (κ3) is 4.22. The van der Waals surface area contributed by atoms with E-state index in [1.807, 2.05) is 0 Å². The van der Waals surface area contributed by atoms with Gasteiger partial charge in [0.1, 0.15) is 0 Å². The van der Waals surface area contributed by atoms with Gasteiger partial charge in [0.05, 0.1) is 0 Å². The van der Waals surface area contributed by atoms with E-state index in [4.69, 9.17) is 0 Å². The summed E-state index contributed by atoms with van der Waals surface area (Å²) in [6.07, 6.45) is 16.1. The van der Waals surface area contributed by atoms with Crippen molar-refractivity contribution in [3.05, 3.63) is 0 Å². The summed E-state index contributed by atoms with van der Waals surface area (Å²) in [4.78, 5) is 2.86. The molecule has 2 atom stereocenters. The molecule has 1 aliphatic heterocycles. The van der Waals surface area contributed by atoms with E-state index in [9.17, 15) is 0 Å². The van der Waals surface area contributed by atoms with Crippen LogP contribution < -0.4 is 5.32 Å². The van der Waals surface area contributed by atoms with Gasteiger partial charge in [-0.15, -0.1) is 0 Å². The van der Waals surface area contributed by atoms with Crippen molar-refractivity contribution in [3.8, 4) is 0 Å². The highest BCUT2D eigenvalue weighted by Crippen LogP contribution is 2.31. The smallest absolute Gasteiger partial charge is 0.0223 e. The number of hydrogen-bond donors (Lipinski definition) is 1. The summed E-state index contributed by atoms with van der Waals surface area (Å²) in [6.45, 7) is 6.42. The van der Waals surface area contributed by atoms with Gasteiger partial charge in [-0.25, -0.2) is 0 Å². The molecule has 1 N–H and O–H groups in total. The monoisotopic (exact) mass is 292 g/mol. The molecule has 1 heterocycles. The predicted molar refractivity (Wildman–Crippen MR) is 90.6 cm³/mol. The van der Waals surface area contributed by atoms with Gasteiger partial charge >= 0.3 is 0 Å². The first-order valence-electron chi connectivity index (χ1n) is 9.82. The topological polar surface area (TPSA) is 15.3 Å². The van der Waals surface area contributed by atoms with Gasteiger partial charge < -0.3 is 5.32 Å². The van der Waals surface area contributed by atoms with Crippen molar-refractivity contribution in [1.82, 2.24) is 10.2 Å². The number of rotatable bonds is 3. The molecule has 0 aromatic heterocycles. The molecule has 2 heteroatoms. The lowest BCUT2D eigenvalue weighted by atomic mass is 9.82. The van der Waals surface area contributed by atoms with Gasteiger partial charge in [-0.3, -0.25) is 4.90 Å². The molecule has 0 aromatic rings. The Morgan fingerprint density at radius 3 is 2.24 bits per heavy atom. The van der Waals surface area contributed by atoms with E-state index < -0.39 is 0 Å². The van der Waals surface area contributed by atoms with Crippen LogP contribution in [0, 0.1) is 11.8 Å². The zero-order valence-corrected chi connectivity index (χ0v) is 14.2. The molecular weight excluding hydrogens is 256 g/mol. The van der Waals surface area contributed by atoms with E-state index in [0.717, 1.165) is 23.9 Å². The Morgan fingerprint density at radius 2 is 1.52 bits per heavy atom. The average molecular weight is 293 g/mol. The summed E-state index contributed by atoms with van der Waals surface area (Å²) in [7, 11) is 0. The van der Waals surface area contributed by atoms with Crippen molar-refractivity contribution in [2.45, 2.75) is 89.6 Å². The van der Waals surface area contributed by atoms with Gasteiger partial charge in [0.15, 0.2) is 0 Å².